The average Bonchev–Trinajstić information content (AvgIpc) is 2.26. The predicted octanol–water partition coefficient (Wildman–Crippen LogP) is 1.42. The zero-order valence-corrected chi connectivity index (χ0v) is 10.1. The number of aromatic nitrogens is 1. The van der Waals surface area contributed by atoms with Crippen molar-refractivity contribution in [2.75, 3.05) is 32.5 Å². The van der Waals surface area contributed by atoms with E-state index in [1.165, 1.54) is 4.90 Å². The highest BCUT2D eigenvalue weighted by Crippen LogP contribution is 2.16. The third-order valence-electron chi connectivity index (χ3n) is 1.86. The molecule has 1 heterocycles. The second-order valence-corrected chi connectivity index (χ2v) is 3.79. The Hall–Kier alpha value is -1.49. The van der Waals surface area contributed by atoms with Crippen LogP contribution in [0.4, 0.5) is 10.6 Å². The van der Waals surface area contributed by atoms with Crippen LogP contribution in [0.5, 0.6) is 0 Å². The average molecular weight is 243 g/mol. The molecule has 0 atom stereocenters. The van der Waals surface area contributed by atoms with Gasteiger partial charge in [0.1, 0.15) is 5.82 Å². The second-order valence-electron chi connectivity index (χ2n) is 3.39. The van der Waals surface area contributed by atoms with Crippen LogP contribution in [0.2, 0.25) is 5.02 Å². The molecule has 6 heteroatoms. The second kappa shape index (κ2) is 6.17. The Labute approximate surface area is 99.8 Å². The lowest BCUT2D eigenvalue weighted by atomic mass is 10.4. The molecule has 88 valence electrons. The third-order valence-corrected chi connectivity index (χ3v) is 2.16. The number of carbonyl (C=O) groups is 1. The van der Waals surface area contributed by atoms with Crippen LogP contribution in [0, 0.1) is 0 Å². The summed E-state index contributed by atoms with van der Waals surface area (Å²) < 4.78 is 0. The number of pyridine rings is 1. The SMILES string of the molecule is CN(C)C(=O)NCCNc1ncccc1Cl. The summed E-state index contributed by atoms with van der Waals surface area (Å²) in [6.07, 6.45) is 1.66. The van der Waals surface area contributed by atoms with Crippen LogP contribution in [0.15, 0.2) is 18.3 Å². The van der Waals surface area contributed by atoms with Crippen molar-refractivity contribution >= 4 is 23.4 Å². The molecule has 1 aromatic rings. The van der Waals surface area contributed by atoms with E-state index in [0.29, 0.717) is 23.9 Å². The molecule has 0 aliphatic carbocycles. The van der Waals surface area contributed by atoms with Crippen LogP contribution < -0.4 is 10.6 Å². The molecule has 0 aliphatic rings. The van der Waals surface area contributed by atoms with Crippen molar-refractivity contribution in [3.63, 3.8) is 0 Å². The molecule has 0 aromatic carbocycles. The third kappa shape index (κ3) is 3.94. The van der Waals surface area contributed by atoms with E-state index in [1.807, 2.05) is 0 Å². The number of amides is 2. The summed E-state index contributed by atoms with van der Waals surface area (Å²) in [5.41, 5.74) is 0. The summed E-state index contributed by atoms with van der Waals surface area (Å²) in [4.78, 5) is 16.7. The van der Waals surface area contributed by atoms with Crippen molar-refractivity contribution in [2.45, 2.75) is 0 Å². The summed E-state index contributed by atoms with van der Waals surface area (Å²) in [5.74, 6) is 0.628. The van der Waals surface area contributed by atoms with Gasteiger partial charge >= 0.3 is 6.03 Å². The van der Waals surface area contributed by atoms with Gasteiger partial charge in [0.05, 0.1) is 5.02 Å². The minimum absolute atomic E-state index is 0.117. The van der Waals surface area contributed by atoms with Gasteiger partial charge in [-0.05, 0) is 12.1 Å². The molecule has 0 saturated heterocycles. The highest BCUT2D eigenvalue weighted by molar-refractivity contribution is 6.32. The molecule has 0 unspecified atom stereocenters. The van der Waals surface area contributed by atoms with E-state index in [2.05, 4.69) is 15.6 Å². The Kier molecular flexibility index (Phi) is 4.85. The lowest BCUT2D eigenvalue weighted by molar-refractivity contribution is 0.218. The molecule has 1 aromatic heterocycles. The standard InChI is InChI=1S/C10H15ClN4O/c1-15(2)10(16)14-7-6-13-9-8(11)4-3-5-12-9/h3-5H,6-7H2,1-2H3,(H,12,13)(H,14,16). The van der Waals surface area contributed by atoms with Crippen molar-refractivity contribution in [3.8, 4) is 0 Å². The summed E-state index contributed by atoms with van der Waals surface area (Å²) in [5, 5.41) is 6.33. The maximum atomic E-state index is 11.2. The van der Waals surface area contributed by atoms with E-state index in [-0.39, 0.29) is 6.03 Å². The minimum atomic E-state index is -0.117. The molecule has 0 aliphatic heterocycles. The predicted molar refractivity (Wildman–Crippen MR) is 64.8 cm³/mol. The first kappa shape index (κ1) is 12.6. The summed E-state index contributed by atoms with van der Waals surface area (Å²) in [6.45, 7) is 1.10. The van der Waals surface area contributed by atoms with Gasteiger partial charge in [0, 0.05) is 33.4 Å². The molecule has 16 heavy (non-hydrogen) atoms. The first-order valence-electron chi connectivity index (χ1n) is 4.91. The minimum Gasteiger partial charge on any atom is -0.367 e. The molecule has 0 spiro atoms. The fourth-order valence-electron chi connectivity index (χ4n) is 1.02. The van der Waals surface area contributed by atoms with Crippen molar-refractivity contribution in [1.29, 1.82) is 0 Å². The first-order chi connectivity index (χ1) is 7.61. The quantitative estimate of drug-likeness (QED) is 0.786. The Morgan fingerprint density at radius 2 is 2.25 bits per heavy atom. The van der Waals surface area contributed by atoms with Crippen LogP contribution in [0.3, 0.4) is 0 Å². The van der Waals surface area contributed by atoms with Crippen molar-refractivity contribution < 1.29 is 4.79 Å². The van der Waals surface area contributed by atoms with Gasteiger partial charge in [0.25, 0.3) is 0 Å². The lowest BCUT2D eigenvalue weighted by Crippen LogP contribution is -2.37. The van der Waals surface area contributed by atoms with Gasteiger partial charge in [-0.2, -0.15) is 0 Å². The molecule has 0 bridgehead atoms. The van der Waals surface area contributed by atoms with Gasteiger partial charge in [0.2, 0.25) is 0 Å². The van der Waals surface area contributed by atoms with E-state index in [0.717, 1.165) is 0 Å². The van der Waals surface area contributed by atoms with Gasteiger partial charge < -0.3 is 15.5 Å². The zero-order valence-electron chi connectivity index (χ0n) is 9.33. The van der Waals surface area contributed by atoms with E-state index >= 15 is 0 Å². The zero-order chi connectivity index (χ0) is 12.0. The van der Waals surface area contributed by atoms with Gasteiger partial charge in [-0.25, -0.2) is 9.78 Å². The molecular formula is C10H15ClN4O. The van der Waals surface area contributed by atoms with E-state index in [4.69, 9.17) is 11.6 Å². The largest absolute Gasteiger partial charge is 0.367 e. The molecular weight excluding hydrogens is 228 g/mol. The summed E-state index contributed by atoms with van der Waals surface area (Å²) in [7, 11) is 3.39. The van der Waals surface area contributed by atoms with Crippen LogP contribution >= 0.6 is 11.6 Å². The molecule has 5 nitrogen and oxygen atoms in total. The Morgan fingerprint density at radius 3 is 2.88 bits per heavy atom. The normalized spacial score (nSPS) is 9.69. The first-order valence-corrected chi connectivity index (χ1v) is 5.28. The van der Waals surface area contributed by atoms with Gasteiger partial charge in [-0.15, -0.1) is 0 Å². The molecule has 1 rings (SSSR count). The number of halogens is 1. The van der Waals surface area contributed by atoms with Crippen molar-refractivity contribution in [2.24, 2.45) is 0 Å². The van der Waals surface area contributed by atoms with Crippen LogP contribution in [-0.2, 0) is 0 Å². The topological polar surface area (TPSA) is 57.3 Å². The number of hydrogen-bond donors (Lipinski definition) is 2. The highest BCUT2D eigenvalue weighted by Gasteiger charge is 2.02. The molecule has 0 saturated carbocycles. The Morgan fingerprint density at radius 1 is 1.50 bits per heavy atom. The summed E-state index contributed by atoms with van der Waals surface area (Å²) >= 11 is 5.90. The van der Waals surface area contributed by atoms with E-state index in [9.17, 15) is 4.79 Å². The number of hydrogen-bond acceptors (Lipinski definition) is 3. The number of nitrogens with one attached hydrogen (secondary N) is 2. The van der Waals surface area contributed by atoms with Crippen LogP contribution in [0.1, 0.15) is 0 Å². The Bertz CT molecular complexity index is 356. The van der Waals surface area contributed by atoms with Crippen LogP contribution in [-0.4, -0.2) is 43.1 Å². The Balaban J connectivity index is 2.26. The van der Waals surface area contributed by atoms with Crippen LogP contribution in [0.25, 0.3) is 0 Å². The number of anilines is 1. The number of carbonyl (C=O) groups excluding carboxylic acids is 1. The molecule has 0 radical (unpaired) electrons. The molecule has 2 amide bonds. The van der Waals surface area contributed by atoms with Crippen molar-refractivity contribution in [3.05, 3.63) is 23.4 Å². The fraction of sp³-hybridized carbons (Fsp3) is 0.400. The monoisotopic (exact) mass is 242 g/mol. The number of urea groups is 1. The van der Waals surface area contributed by atoms with Crippen molar-refractivity contribution in [1.82, 2.24) is 15.2 Å². The molecule has 2 N–H and O–H groups in total. The maximum absolute atomic E-state index is 11.2. The van der Waals surface area contributed by atoms with E-state index < -0.39 is 0 Å². The van der Waals surface area contributed by atoms with E-state index in [1.54, 1.807) is 32.4 Å². The fourth-order valence-corrected chi connectivity index (χ4v) is 1.21. The highest BCUT2D eigenvalue weighted by atomic mass is 35.5. The summed E-state index contributed by atoms with van der Waals surface area (Å²) in [6, 6.07) is 3.41. The smallest absolute Gasteiger partial charge is 0.316 e. The number of rotatable bonds is 4. The van der Waals surface area contributed by atoms with Gasteiger partial charge in [-0.3, -0.25) is 0 Å². The number of nitrogens with zero attached hydrogens (tertiary/aromatic N) is 2. The van der Waals surface area contributed by atoms with Gasteiger partial charge in [-0.1, -0.05) is 11.6 Å². The van der Waals surface area contributed by atoms with Gasteiger partial charge in [0.15, 0.2) is 0 Å². The maximum Gasteiger partial charge on any atom is 0.316 e. The lowest BCUT2D eigenvalue weighted by Gasteiger charge is -2.12. The molecule has 0 fully saturated rings.